The van der Waals surface area contributed by atoms with Gasteiger partial charge in [-0.05, 0) is 32.0 Å². The molecule has 1 aromatic carbocycles. The average molecular weight is 386 g/mol. The Labute approximate surface area is 162 Å². The summed E-state index contributed by atoms with van der Waals surface area (Å²) in [6.45, 7) is 4.02. The number of carbonyl (C=O) groups is 1. The molecule has 0 aliphatic carbocycles. The van der Waals surface area contributed by atoms with Crippen LogP contribution in [0.4, 0.5) is 5.82 Å². The van der Waals surface area contributed by atoms with Gasteiger partial charge >= 0.3 is 0 Å². The van der Waals surface area contributed by atoms with E-state index in [2.05, 4.69) is 15.4 Å². The average Bonchev–Trinajstić information content (AvgIpc) is 3.30. The Balaban J connectivity index is 1.71. The van der Waals surface area contributed by atoms with Crippen molar-refractivity contribution in [1.29, 1.82) is 0 Å². The fourth-order valence-electron chi connectivity index (χ4n) is 2.67. The van der Waals surface area contributed by atoms with E-state index in [0.29, 0.717) is 17.3 Å². The molecule has 0 aliphatic heterocycles. The number of thiazole rings is 1. The summed E-state index contributed by atoms with van der Waals surface area (Å²) in [5.74, 6) is 1.87. The summed E-state index contributed by atoms with van der Waals surface area (Å²) in [5, 5.41) is 9.83. The van der Waals surface area contributed by atoms with Crippen LogP contribution >= 0.6 is 11.3 Å². The van der Waals surface area contributed by atoms with E-state index in [0.717, 1.165) is 16.3 Å². The van der Waals surface area contributed by atoms with Crippen LogP contribution in [0, 0.1) is 0 Å². The monoisotopic (exact) mass is 386 g/mol. The third-order valence-corrected chi connectivity index (χ3v) is 4.89. The molecular weight excluding hydrogens is 364 g/mol. The molecule has 27 heavy (non-hydrogen) atoms. The van der Waals surface area contributed by atoms with Crippen LogP contribution in [0.25, 0.3) is 10.6 Å². The molecule has 7 nitrogen and oxygen atoms in total. The minimum Gasteiger partial charge on any atom is -0.493 e. The first-order valence-electron chi connectivity index (χ1n) is 8.52. The molecule has 2 aromatic heterocycles. The molecule has 0 saturated carbocycles. The second-order valence-electron chi connectivity index (χ2n) is 6.19. The minimum absolute atomic E-state index is 0.124. The van der Waals surface area contributed by atoms with Gasteiger partial charge in [-0.25, -0.2) is 9.67 Å². The molecule has 0 atom stereocenters. The zero-order valence-electron chi connectivity index (χ0n) is 15.7. The van der Waals surface area contributed by atoms with Crippen LogP contribution in [-0.4, -0.2) is 34.9 Å². The SMILES string of the molecule is COc1ccc(-c2nc(CC(=O)Nc3ccnn3C(C)C)cs2)cc1OC. The van der Waals surface area contributed by atoms with Crippen LogP contribution in [0.5, 0.6) is 11.5 Å². The maximum absolute atomic E-state index is 12.4. The molecule has 0 bridgehead atoms. The second kappa shape index (κ2) is 8.22. The standard InChI is InChI=1S/C19H22N4O3S/c1-12(2)23-17(7-8-20-23)22-18(24)10-14-11-27-19(21-14)13-5-6-15(25-3)16(9-13)26-4/h5-9,11-12H,10H2,1-4H3,(H,22,24). The summed E-state index contributed by atoms with van der Waals surface area (Å²) < 4.78 is 12.4. The number of anilines is 1. The van der Waals surface area contributed by atoms with E-state index in [4.69, 9.17) is 9.47 Å². The van der Waals surface area contributed by atoms with Crippen LogP contribution in [-0.2, 0) is 11.2 Å². The van der Waals surface area contributed by atoms with Crippen molar-refractivity contribution in [2.75, 3.05) is 19.5 Å². The highest BCUT2D eigenvalue weighted by molar-refractivity contribution is 7.13. The summed E-state index contributed by atoms with van der Waals surface area (Å²) in [6, 6.07) is 7.60. The number of ether oxygens (including phenoxy) is 2. The van der Waals surface area contributed by atoms with E-state index in [9.17, 15) is 4.79 Å². The Morgan fingerprint density at radius 3 is 2.70 bits per heavy atom. The number of rotatable bonds is 7. The normalized spacial score (nSPS) is 10.9. The number of hydrogen-bond donors (Lipinski definition) is 1. The molecule has 0 unspecified atom stereocenters. The Morgan fingerprint density at radius 2 is 2.00 bits per heavy atom. The van der Waals surface area contributed by atoms with E-state index in [1.54, 1.807) is 31.2 Å². The highest BCUT2D eigenvalue weighted by Crippen LogP contribution is 2.33. The summed E-state index contributed by atoms with van der Waals surface area (Å²) in [6.07, 6.45) is 1.88. The first kappa shape index (κ1) is 18.9. The van der Waals surface area contributed by atoms with Crippen molar-refractivity contribution in [1.82, 2.24) is 14.8 Å². The fourth-order valence-corrected chi connectivity index (χ4v) is 3.48. The van der Waals surface area contributed by atoms with Gasteiger partial charge < -0.3 is 14.8 Å². The molecule has 2 heterocycles. The Morgan fingerprint density at radius 1 is 1.22 bits per heavy atom. The Hall–Kier alpha value is -2.87. The van der Waals surface area contributed by atoms with Crippen LogP contribution in [0.2, 0.25) is 0 Å². The molecule has 0 saturated heterocycles. The molecule has 1 amide bonds. The summed E-state index contributed by atoms with van der Waals surface area (Å²) >= 11 is 1.49. The zero-order valence-corrected chi connectivity index (χ0v) is 16.5. The Bertz CT molecular complexity index is 933. The van der Waals surface area contributed by atoms with Gasteiger partial charge in [-0.1, -0.05) is 0 Å². The van der Waals surface area contributed by atoms with Crippen molar-refractivity contribution < 1.29 is 14.3 Å². The van der Waals surface area contributed by atoms with Gasteiger partial charge in [-0.3, -0.25) is 4.79 Å². The third kappa shape index (κ3) is 4.28. The lowest BCUT2D eigenvalue weighted by atomic mass is 10.2. The van der Waals surface area contributed by atoms with Crippen molar-refractivity contribution in [2.24, 2.45) is 0 Å². The lowest BCUT2D eigenvalue weighted by Gasteiger charge is -2.11. The van der Waals surface area contributed by atoms with Gasteiger partial charge in [0, 0.05) is 23.1 Å². The molecule has 3 aromatic rings. The van der Waals surface area contributed by atoms with Gasteiger partial charge in [0.25, 0.3) is 0 Å². The summed E-state index contributed by atoms with van der Waals surface area (Å²) in [7, 11) is 3.20. The molecule has 0 radical (unpaired) electrons. The maximum Gasteiger partial charge on any atom is 0.231 e. The third-order valence-electron chi connectivity index (χ3n) is 3.95. The van der Waals surface area contributed by atoms with Crippen molar-refractivity contribution in [3.8, 4) is 22.1 Å². The lowest BCUT2D eigenvalue weighted by molar-refractivity contribution is -0.115. The van der Waals surface area contributed by atoms with Crippen LogP contribution in [0.3, 0.4) is 0 Å². The van der Waals surface area contributed by atoms with Gasteiger partial charge in [0.2, 0.25) is 5.91 Å². The lowest BCUT2D eigenvalue weighted by Crippen LogP contribution is -2.18. The second-order valence-corrected chi connectivity index (χ2v) is 7.05. The molecule has 0 fully saturated rings. The molecule has 142 valence electrons. The van der Waals surface area contributed by atoms with Gasteiger partial charge in [0.05, 0.1) is 32.5 Å². The number of nitrogens with one attached hydrogen (secondary N) is 1. The van der Waals surface area contributed by atoms with E-state index < -0.39 is 0 Å². The largest absolute Gasteiger partial charge is 0.493 e. The number of hydrogen-bond acceptors (Lipinski definition) is 6. The number of benzene rings is 1. The van der Waals surface area contributed by atoms with E-state index in [1.807, 2.05) is 37.4 Å². The molecular formula is C19H22N4O3S. The maximum atomic E-state index is 12.4. The van der Waals surface area contributed by atoms with Gasteiger partial charge in [0.15, 0.2) is 11.5 Å². The zero-order chi connectivity index (χ0) is 19.4. The van der Waals surface area contributed by atoms with Crippen molar-refractivity contribution >= 4 is 23.1 Å². The van der Waals surface area contributed by atoms with E-state index in [1.165, 1.54) is 11.3 Å². The summed E-state index contributed by atoms with van der Waals surface area (Å²) in [5.41, 5.74) is 1.64. The predicted molar refractivity (Wildman–Crippen MR) is 106 cm³/mol. The van der Waals surface area contributed by atoms with Crippen LogP contribution in [0.15, 0.2) is 35.8 Å². The van der Waals surface area contributed by atoms with Crippen molar-refractivity contribution in [3.63, 3.8) is 0 Å². The molecule has 3 rings (SSSR count). The van der Waals surface area contributed by atoms with Gasteiger partial charge in [-0.15, -0.1) is 11.3 Å². The van der Waals surface area contributed by atoms with Gasteiger partial charge in [-0.2, -0.15) is 5.10 Å². The van der Waals surface area contributed by atoms with Crippen LogP contribution in [0.1, 0.15) is 25.6 Å². The first-order valence-corrected chi connectivity index (χ1v) is 9.40. The number of amides is 1. The smallest absolute Gasteiger partial charge is 0.231 e. The Kier molecular flexibility index (Phi) is 5.75. The number of nitrogens with zero attached hydrogens (tertiary/aromatic N) is 3. The fraction of sp³-hybridized carbons (Fsp3) is 0.316. The number of aromatic nitrogens is 3. The minimum atomic E-state index is -0.124. The van der Waals surface area contributed by atoms with E-state index in [-0.39, 0.29) is 18.4 Å². The molecule has 0 aliphatic rings. The first-order chi connectivity index (χ1) is 13.0. The highest BCUT2D eigenvalue weighted by atomic mass is 32.1. The molecule has 8 heteroatoms. The van der Waals surface area contributed by atoms with Crippen molar-refractivity contribution in [3.05, 3.63) is 41.5 Å². The van der Waals surface area contributed by atoms with Crippen molar-refractivity contribution in [2.45, 2.75) is 26.3 Å². The van der Waals surface area contributed by atoms with Crippen LogP contribution < -0.4 is 14.8 Å². The van der Waals surface area contributed by atoms with Gasteiger partial charge in [0.1, 0.15) is 10.8 Å². The summed E-state index contributed by atoms with van der Waals surface area (Å²) in [4.78, 5) is 16.9. The highest BCUT2D eigenvalue weighted by Gasteiger charge is 2.14. The molecule has 0 spiro atoms. The van der Waals surface area contributed by atoms with E-state index >= 15 is 0 Å². The quantitative estimate of drug-likeness (QED) is 0.668. The number of methoxy groups -OCH3 is 2. The topological polar surface area (TPSA) is 78.3 Å². The molecule has 1 N–H and O–H groups in total. The number of carbonyl (C=O) groups excluding carboxylic acids is 1. The predicted octanol–water partition coefficient (Wildman–Crippen LogP) is 3.79.